The molecule has 1 aliphatic carbocycles. The highest BCUT2D eigenvalue weighted by molar-refractivity contribution is 5.96. The highest BCUT2D eigenvalue weighted by Gasteiger charge is 2.27. The predicted octanol–water partition coefficient (Wildman–Crippen LogP) is 2.14. The first-order valence-electron chi connectivity index (χ1n) is 9.74. The molecule has 0 bridgehead atoms. The summed E-state index contributed by atoms with van der Waals surface area (Å²) in [4.78, 5) is 48.0. The van der Waals surface area contributed by atoms with Gasteiger partial charge in [-0.2, -0.15) is 0 Å². The van der Waals surface area contributed by atoms with Crippen LogP contribution in [0, 0.1) is 5.92 Å². The predicted molar refractivity (Wildman–Crippen MR) is 107 cm³/mol. The van der Waals surface area contributed by atoms with Crippen molar-refractivity contribution >= 4 is 29.6 Å². The molecule has 29 heavy (non-hydrogen) atoms. The number of nitrogens with one attached hydrogen (secondary N) is 4. The molecule has 1 saturated carbocycles. The van der Waals surface area contributed by atoms with Crippen LogP contribution in [0.1, 0.15) is 39.5 Å². The van der Waals surface area contributed by atoms with E-state index in [-0.39, 0.29) is 12.0 Å². The number of hydrogen-bond donors (Lipinski definition) is 4. The topological polar surface area (TPSA) is 126 Å². The van der Waals surface area contributed by atoms with Gasteiger partial charge in [0, 0.05) is 11.7 Å². The standard InChI is InChI=1S/C20H28N4O5/c1-13(2)17(24-20(28)22-14-8-4-3-5-9-14)18(26)29-12-16(25)23-19(27)21-15-10-6-7-11-15/h3-5,8-9,13,15,17H,6-7,10-12H2,1-2H3,(H2,22,24,28)(H2,21,23,25,27)/t17-/m0/s1. The van der Waals surface area contributed by atoms with E-state index in [0.717, 1.165) is 25.7 Å². The van der Waals surface area contributed by atoms with Crippen molar-refractivity contribution < 1.29 is 23.9 Å². The minimum absolute atomic E-state index is 0.0722. The third-order valence-electron chi connectivity index (χ3n) is 4.53. The fourth-order valence-electron chi connectivity index (χ4n) is 3.01. The number of carbonyl (C=O) groups excluding carboxylic acids is 4. The van der Waals surface area contributed by atoms with Crippen molar-refractivity contribution in [2.24, 2.45) is 5.92 Å². The van der Waals surface area contributed by atoms with E-state index in [9.17, 15) is 19.2 Å². The van der Waals surface area contributed by atoms with E-state index < -0.39 is 36.6 Å². The second-order valence-electron chi connectivity index (χ2n) is 7.30. The normalized spacial score (nSPS) is 14.7. The second-order valence-corrected chi connectivity index (χ2v) is 7.30. The van der Waals surface area contributed by atoms with Gasteiger partial charge >= 0.3 is 18.0 Å². The van der Waals surface area contributed by atoms with E-state index in [1.54, 1.807) is 38.1 Å². The zero-order valence-electron chi connectivity index (χ0n) is 16.7. The molecule has 0 aliphatic heterocycles. The van der Waals surface area contributed by atoms with Crippen molar-refractivity contribution in [1.29, 1.82) is 0 Å². The Kier molecular flexibility index (Phi) is 8.45. The lowest BCUT2D eigenvalue weighted by molar-refractivity contribution is -0.151. The average Bonchev–Trinajstić information content (AvgIpc) is 3.17. The Labute approximate surface area is 169 Å². The molecular formula is C20H28N4O5. The van der Waals surface area contributed by atoms with Crippen LogP contribution in [0.3, 0.4) is 0 Å². The van der Waals surface area contributed by atoms with E-state index in [1.165, 1.54) is 0 Å². The Hall–Kier alpha value is -3.10. The van der Waals surface area contributed by atoms with Crippen LogP contribution in [-0.2, 0) is 14.3 Å². The summed E-state index contributed by atoms with van der Waals surface area (Å²) in [7, 11) is 0. The van der Waals surface area contributed by atoms with E-state index >= 15 is 0 Å². The summed E-state index contributed by atoms with van der Waals surface area (Å²) >= 11 is 0. The lowest BCUT2D eigenvalue weighted by atomic mass is 10.1. The van der Waals surface area contributed by atoms with Crippen LogP contribution in [0.2, 0.25) is 0 Å². The van der Waals surface area contributed by atoms with Crippen LogP contribution in [-0.4, -0.2) is 42.6 Å². The first-order valence-corrected chi connectivity index (χ1v) is 9.74. The van der Waals surface area contributed by atoms with Crippen LogP contribution in [0.5, 0.6) is 0 Å². The van der Waals surface area contributed by atoms with E-state index in [1.807, 2.05) is 6.07 Å². The molecule has 0 heterocycles. The number of esters is 1. The zero-order valence-corrected chi connectivity index (χ0v) is 16.7. The van der Waals surface area contributed by atoms with Gasteiger partial charge in [0.2, 0.25) is 0 Å². The minimum atomic E-state index is -0.946. The lowest BCUT2D eigenvalue weighted by Gasteiger charge is -2.21. The van der Waals surface area contributed by atoms with Crippen molar-refractivity contribution in [3.05, 3.63) is 30.3 Å². The molecule has 0 saturated heterocycles. The van der Waals surface area contributed by atoms with Gasteiger partial charge in [0.25, 0.3) is 5.91 Å². The van der Waals surface area contributed by atoms with Gasteiger partial charge in [-0.1, -0.05) is 44.9 Å². The molecule has 0 radical (unpaired) electrons. The van der Waals surface area contributed by atoms with Gasteiger partial charge in [0.1, 0.15) is 6.04 Å². The van der Waals surface area contributed by atoms with Crippen molar-refractivity contribution in [2.45, 2.75) is 51.6 Å². The number of hydrogen-bond acceptors (Lipinski definition) is 5. The van der Waals surface area contributed by atoms with Crippen molar-refractivity contribution in [2.75, 3.05) is 11.9 Å². The third-order valence-corrected chi connectivity index (χ3v) is 4.53. The molecule has 9 nitrogen and oxygen atoms in total. The fourth-order valence-corrected chi connectivity index (χ4v) is 3.01. The molecule has 1 aromatic carbocycles. The van der Waals surface area contributed by atoms with Crippen LogP contribution < -0.4 is 21.3 Å². The lowest BCUT2D eigenvalue weighted by Crippen LogP contribution is -2.48. The maximum absolute atomic E-state index is 12.3. The summed E-state index contributed by atoms with van der Waals surface area (Å²) in [6.45, 7) is 2.87. The largest absolute Gasteiger partial charge is 0.454 e. The Bertz CT molecular complexity index is 717. The van der Waals surface area contributed by atoms with Gasteiger partial charge in [-0.25, -0.2) is 14.4 Å². The van der Waals surface area contributed by atoms with Crippen LogP contribution in [0.15, 0.2) is 30.3 Å². The number of carbonyl (C=O) groups is 4. The SMILES string of the molecule is CC(C)[C@H](NC(=O)Nc1ccccc1)C(=O)OCC(=O)NC(=O)NC1CCCC1. The van der Waals surface area contributed by atoms with Gasteiger partial charge in [-0.15, -0.1) is 0 Å². The number of para-hydroxylation sites is 1. The van der Waals surface area contributed by atoms with Gasteiger partial charge in [0.05, 0.1) is 0 Å². The Morgan fingerprint density at radius 1 is 1.03 bits per heavy atom. The molecule has 1 aliphatic rings. The monoisotopic (exact) mass is 404 g/mol. The quantitative estimate of drug-likeness (QED) is 0.518. The van der Waals surface area contributed by atoms with Crippen LogP contribution in [0.25, 0.3) is 0 Å². The molecule has 2 rings (SSSR count). The molecule has 9 heteroatoms. The zero-order chi connectivity index (χ0) is 21.2. The Morgan fingerprint density at radius 2 is 1.69 bits per heavy atom. The second kappa shape index (κ2) is 11.0. The highest BCUT2D eigenvalue weighted by Crippen LogP contribution is 2.17. The summed E-state index contributed by atoms with van der Waals surface area (Å²) in [6.07, 6.45) is 3.89. The van der Waals surface area contributed by atoms with Gasteiger partial charge in [0.15, 0.2) is 6.61 Å². The smallest absolute Gasteiger partial charge is 0.329 e. The molecule has 1 fully saturated rings. The Morgan fingerprint density at radius 3 is 2.31 bits per heavy atom. The molecular weight excluding hydrogens is 376 g/mol. The molecule has 1 atom stereocenters. The molecule has 158 valence electrons. The number of anilines is 1. The highest BCUT2D eigenvalue weighted by atomic mass is 16.5. The fraction of sp³-hybridized carbons (Fsp3) is 0.500. The number of imide groups is 1. The number of benzene rings is 1. The minimum Gasteiger partial charge on any atom is -0.454 e. The summed E-state index contributed by atoms with van der Waals surface area (Å²) < 4.78 is 4.98. The first kappa shape index (κ1) is 22.2. The van der Waals surface area contributed by atoms with E-state index in [4.69, 9.17) is 4.74 Å². The molecule has 0 spiro atoms. The summed E-state index contributed by atoms with van der Waals surface area (Å²) in [5.74, 6) is -1.75. The molecule has 1 aromatic rings. The van der Waals surface area contributed by atoms with Gasteiger partial charge < -0.3 is 20.7 Å². The molecule has 0 unspecified atom stereocenters. The number of rotatable bonds is 7. The van der Waals surface area contributed by atoms with E-state index in [0.29, 0.717) is 5.69 Å². The maximum atomic E-state index is 12.3. The molecule has 5 amide bonds. The number of urea groups is 2. The summed E-state index contributed by atoms with van der Waals surface area (Å²) in [5.41, 5.74) is 0.577. The van der Waals surface area contributed by atoms with E-state index in [2.05, 4.69) is 21.3 Å². The van der Waals surface area contributed by atoms with Crippen molar-refractivity contribution in [3.63, 3.8) is 0 Å². The number of ether oxygens (including phenoxy) is 1. The van der Waals surface area contributed by atoms with Crippen LogP contribution >= 0.6 is 0 Å². The molecule has 0 aromatic heterocycles. The Balaban J connectivity index is 1.76. The third kappa shape index (κ3) is 7.81. The van der Waals surface area contributed by atoms with Crippen LogP contribution in [0.4, 0.5) is 15.3 Å². The van der Waals surface area contributed by atoms with Gasteiger partial charge in [-0.3, -0.25) is 10.1 Å². The first-order chi connectivity index (χ1) is 13.8. The number of amides is 5. The van der Waals surface area contributed by atoms with Gasteiger partial charge in [-0.05, 0) is 30.9 Å². The summed E-state index contributed by atoms with van der Waals surface area (Å²) in [6, 6.07) is 6.74. The summed E-state index contributed by atoms with van der Waals surface area (Å²) in [5, 5.41) is 10.0. The van der Waals surface area contributed by atoms with Crippen molar-refractivity contribution in [1.82, 2.24) is 16.0 Å². The molecule has 4 N–H and O–H groups in total. The maximum Gasteiger partial charge on any atom is 0.329 e. The average molecular weight is 404 g/mol. The van der Waals surface area contributed by atoms with Crippen molar-refractivity contribution in [3.8, 4) is 0 Å².